The van der Waals surface area contributed by atoms with Crippen LogP contribution in [0.3, 0.4) is 0 Å². The fraction of sp³-hybridized carbons (Fsp3) is 0.120. The fourth-order valence-corrected chi connectivity index (χ4v) is 4.87. The lowest BCUT2D eigenvalue weighted by molar-refractivity contribution is -0.123. The molecule has 1 saturated heterocycles. The van der Waals surface area contributed by atoms with Gasteiger partial charge in [0.05, 0.1) is 22.1 Å². The fourth-order valence-electron chi connectivity index (χ4n) is 3.25. The minimum Gasteiger partial charge on any atom is -0.493 e. The highest BCUT2D eigenvalue weighted by Crippen LogP contribution is 2.38. The number of methoxy groups -OCH3 is 1. The van der Waals surface area contributed by atoms with Crippen molar-refractivity contribution in [2.45, 2.75) is 13.2 Å². The third-order valence-corrected chi connectivity index (χ3v) is 6.61. The second-order valence-corrected chi connectivity index (χ2v) is 9.36. The summed E-state index contributed by atoms with van der Waals surface area (Å²) in [5, 5.41) is -0.361. The van der Waals surface area contributed by atoms with E-state index in [1.807, 2.05) is 36.4 Å². The van der Waals surface area contributed by atoms with E-state index in [1.54, 1.807) is 31.4 Å². The molecule has 0 unspecified atom stereocenters. The average molecular weight is 575 g/mol. The first-order chi connectivity index (χ1) is 15.9. The zero-order valence-electron chi connectivity index (χ0n) is 17.6. The summed E-state index contributed by atoms with van der Waals surface area (Å²) in [7, 11) is 1.56. The lowest BCUT2D eigenvalue weighted by atomic mass is 10.1. The number of rotatable bonds is 7. The number of imide groups is 1. The number of nitrogens with zero attached hydrogens (tertiary/aromatic N) is 1. The summed E-state index contributed by atoms with van der Waals surface area (Å²) in [5.74, 6) is 0.401. The summed E-state index contributed by atoms with van der Waals surface area (Å²) in [6, 6.07) is 19.2. The Bertz CT molecular complexity index is 1220. The van der Waals surface area contributed by atoms with Crippen LogP contribution >= 0.6 is 34.4 Å². The molecular weight excluding hydrogens is 556 g/mol. The highest BCUT2D eigenvalue weighted by molar-refractivity contribution is 14.1. The molecule has 33 heavy (non-hydrogen) atoms. The van der Waals surface area contributed by atoms with Gasteiger partial charge in [-0.3, -0.25) is 14.5 Å². The van der Waals surface area contributed by atoms with Gasteiger partial charge in [0.25, 0.3) is 11.1 Å². The van der Waals surface area contributed by atoms with Gasteiger partial charge in [-0.2, -0.15) is 0 Å². The monoisotopic (exact) mass is 575 g/mol. The number of halogens is 2. The van der Waals surface area contributed by atoms with Gasteiger partial charge in [0.15, 0.2) is 11.5 Å². The first-order valence-electron chi connectivity index (χ1n) is 9.98. The van der Waals surface area contributed by atoms with Crippen LogP contribution in [0.5, 0.6) is 11.5 Å². The van der Waals surface area contributed by atoms with Crippen LogP contribution in [0.25, 0.3) is 6.08 Å². The highest BCUT2D eigenvalue weighted by Gasteiger charge is 2.35. The van der Waals surface area contributed by atoms with Gasteiger partial charge in [-0.1, -0.05) is 42.5 Å². The Morgan fingerprint density at radius 3 is 2.45 bits per heavy atom. The van der Waals surface area contributed by atoms with Gasteiger partial charge in [0.1, 0.15) is 12.4 Å². The Balaban J connectivity index is 1.53. The smallest absolute Gasteiger partial charge is 0.293 e. The van der Waals surface area contributed by atoms with Crippen LogP contribution in [0.2, 0.25) is 0 Å². The number of amides is 2. The van der Waals surface area contributed by atoms with Gasteiger partial charge >= 0.3 is 0 Å². The van der Waals surface area contributed by atoms with Crippen LogP contribution in [-0.4, -0.2) is 23.2 Å². The van der Waals surface area contributed by atoms with Crippen molar-refractivity contribution in [1.82, 2.24) is 4.90 Å². The number of hydrogen-bond acceptors (Lipinski definition) is 5. The Hall–Kier alpha value is -2.85. The van der Waals surface area contributed by atoms with Crippen molar-refractivity contribution in [3.05, 3.63) is 97.7 Å². The second kappa shape index (κ2) is 10.4. The second-order valence-electron chi connectivity index (χ2n) is 7.20. The Labute approximate surface area is 208 Å². The highest BCUT2D eigenvalue weighted by atomic mass is 127. The van der Waals surface area contributed by atoms with E-state index in [1.165, 1.54) is 12.1 Å². The molecule has 5 nitrogen and oxygen atoms in total. The molecule has 0 radical (unpaired) electrons. The molecule has 0 spiro atoms. The molecule has 4 rings (SSSR count). The quantitative estimate of drug-likeness (QED) is 0.246. The van der Waals surface area contributed by atoms with Crippen molar-refractivity contribution in [2.75, 3.05) is 7.11 Å². The van der Waals surface area contributed by atoms with Crippen molar-refractivity contribution < 1.29 is 23.5 Å². The number of ether oxygens (including phenoxy) is 2. The van der Waals surface area contributed by atoms with Crippen molar-refractivity contribution in [3.63, 3.8) is 0 Å². The van der Waals surface area contributed by atoms with Crippen LogP contribution in [0, 0.1) is 9.39 Å². The predicted octanol–water partition coefficient (Wildman–Crippen LogP) is 6.25. The number of hydrogen-bond donors (Lipinski definition) is 0. The molecule has 3 aromatic rings. The maximum absolute atomic E-state index is 13.1. The number of carbonyl (C=O) groups excluding carboxylic acids is 2. The molecule has 168 valence electrons. The van der Waals surface area contributed by atoms with Crippen LogP contribution < -0.4 is 9.47 Å². The van der Waals surface area contributed by atoms with Crippen molar-refractivity contribution in [2.24, 2.45) is 0 Å². The molecule has 0 bridgehead atoms. The van der Waals surface area contributed by atoms with Gasteiger partial charge in [0, 0.05) is 0 Å². The summed E-state index contributed by atoms with van der Waals surface area (Å²) in [4.78, 5) is 26.7. The van der Waals surface area contributed by atoms with Gasteiger partial charge in [-0.15, -0.1) is 0 Å². The zero-order valence-corrected chi connectivity index (χ0v) is 20.6. The number of benzene rings is 3. The molecule has 1 aliphatic rings. The first-order valence-corrected chi connectivity index (χ1v) is 11.9. The summed E-state index contributed by atoms with van der Waals surface area (Å²) < 4.78 is 25.5. The third-order valence-electron chi connectivity index (χ3n) is 4.90. The lowest BCUT2D eigenvalue weighted by Crippen LogP contribution is -2.27. The maximum Gasteiger partial charge on any atom is 0.293 e. The summed E-state index contributed by atoms with van der Waals surface area (Å²) in [5.41, 5.74) is 2.43. The molecule has 0 aliphatic carbocycles. The van der Waals surface area contributed by atoms with Crippen LogP contribution in [-0.2, 0) is 17.9 Å². The molecule has 0 aromatic heterocycles. The molecule has 1 aliphatic heterocycles. The van der Waals surface area contributed by atoms with E-state index in [4.69, 9.17) is 9.47 Å². The summed E-state index contributed by atoms with van der Waals surface area (Å²) in [6.07, 6.45) is 1.67. The SMILES string of the molecule is COc1cc(/C=C2\SC(=O)N(Cc3ccc(F)cc3)C2=O)cc(I)c1OCc1ccccc1. The number of carbonyl (C=O) groups is 2. The van der Waals surface area contributed by atoms with Gasteiger partial charge in [0.2, 0.25) is 0 Å². The Morgan fingerprint density at radius 1 is 1.03 bits per heavy atom. The molecule has 0 atom stereocenters. The van der Waals surface area contributed by atoms with E-state index in [0.29, 0.717) is 28.6 Å². The standard InChI is InChI=1S/C25H19FINO4S/c1-31-21-12-18(11-20(27)23(21)32-15-17-5-3-2-4-6-17)13-22-24(29)28(25(30)33-22)14-16-7-9-19(26)10-8-16/h2-13H,14-15H2,1H3/b22-13-. The van der Waals surface area contributed by atoms with E-state index < -0.39 is 0 Å². The normalized spacial score (nSPS) is 14.8. The minimum atomic E-state index is -0.382. The zero-order chi connectivity index (χ0) is 23.4. The van der Waals surface area contributed by atoms with Crippen LogP contribution in [0.4, 0.5) is 9.18 Å². The van der Waals surface area contributed by atoms with E-state index in [2.05, 4.69) is 22.6 Å². The molecule has 8 heteroatoms. The maximum atomic E-state index is 13.1. The molecule has 0 saturated carbocycles. The average Bonchev–Trinajstić information content (AvgIpc) is 3.07. The Morgan fingerprint density at radius 2 is 1.76 bits per heavy atom. The first kappa shape index (κ1) is 23.3. The molecular formula is C25H19FINO4S. The molecule has 1 heterocycles. The topological polar surface area (TPSA) is 55.8 Å². The van der Waals surface area contributed by atoms with Gasteiger partial charge < -0.3 is 9.47 Å². The predicted molar refractivity (Wildman–Crippen MR) is 134 cm³/mol. The van der Waals surface area contributed by atoms with E-state index >= 15 is 0 Å². The summed E-state index contributed by atoms with van der Waals surface area (Å²) in [6.45, 7) is 0.490. The third kappa shape index (κ3) is 5.56. The van der Waals surface area contributed by atoms with E-state index in [9.17, 15) is 14.0 Å². The molecule has 0 N–H and O–H groups in total. The van der Waals surface area contributed by atoms with Crippen molar-refractivity contribution >= 4 is 51.6 Å². The van der Waals surface area contributed by atoms with Crippen LogP contribution in [0.15, 0.2) is 71.6 Å². The van der Waals surface area contributed by atoms with E-state index in [0.717, 1.165) is 31.4 Å². The van der Waals surface area contributed by atoms with Crippen molar-refractivity contribution in [1.29, 1.82) is 0 Å². The molecule has 3 aromatic carbocycles. The largest absolute Gasteiger partial charge is 0.493 e. The van der Waals surface area contributed by atoms with Crippen molar-refractivity contribution in [3.8, 4) is 11.5 Å². The van der Waals surface area contributed by atoms with Crippen LogP contribution in [0.1, 0.15) is 16.7 Å². The molecule has 2 amide bonds. The summed E-state index contributed by atoms with van der Waals surface area (Å²) >= 11 is 3.04. The Kier molecular flexibility index (Phi) is 7.34. The van der Waals surface area contributed by atoms with Gasteiger partial charge in [-0.25, -0.2) is 4.39 Å². The van der Waals surface area contributed by atoms with E-state index in [-0.39, 0.29) is 23.5 Å². The minimum absolute atomic E-state index is 0.0927. The lowest BCUT2D eigenvalue weighted by Gasteiger charge is -2.14. The molecule has 1 fully saturated rings. The number of thioether (sulfide) groups is 1. The van der Waals surface area contributed by atoms with Gasteiger partial charge in [-0.05, 0) is 81.4 Å².